The molecule has 4 heteroatoms. The number of aliphatic hydroxyl groups is 1. The monoisotopic (exact) mass is 154 g/mol. The summed E-state index contributed by atoms with van der Waals surface area (Å²) in [5, 5.41) is 8.86. The molecule has 0 atom stereocenters. The molecule has 0 bridgehead atoms. The van der Waals surface area contributed by atoms with Crippen LogP contribution in [0.3, 0.4) is 0 Å². The molecule has 0 aliphatic heterocycles. The fourth-order valence-electron chi connectivity index (χ4n) is 0.906. The van der Waals surface area contributed by atoms with Crippen LogP contribution in [0.15, 0.2) is 18.3 Å². The van der Waals surface area contributed by atoms with E-state index in [9.17, 15) is 0 Å². The molecule has 4 nitrogen and oxygen atoms in total. The third-order valence-electron chi connectivity index (χ3n) is 1.46. The van der Waals surface area contributed by atoms with Crippen LogP contribution in [-0.2, 0) is 6.61 Å². The van der Waals surface area contributed by atoms with Crippen LogP contribution in [0.2, 0.25) is 0 Å². The molecule has 0 aliphatic rings. The molecular weight excluding hydrogens is 142 g/mol. The molecule has 4 N–H and O–H groups in total. The van der Waals surface area contributed by atoms with Crippen molar-refractivity contribution in [3.05, 3.63) is 24.0 Å². The van der Waals surface area contributed by atoms with Crippen LogP contribution in [0.5, 0.6) is 0 Å². The standard InChI is InChI=1S/C7H11N3O/c1-9-10-3-2-6(8)4-7(10)5-11/h2-4,8-9,11H,5H2,1H3/p+1. The topological polar surface area (TPSA) is 62.2 Å². The van der Waals surface area contributed by atoms with Gasteiger partial charge in [-0.05, 0) is 0 Å². The number of pyridine rings is 1. The highest BCUT2D eigenvalue weighted by molar-refractivity contribution is 5.35. The van der Waals surface area contributed by atoms with Crippen LogP contribution in [0.1, 0.15) is 5.69 Å². The van der Waals surface area contributed by atoms with Crippen LogP contribution in [0.25, 0.3) is 0 Å². The molecule has 0 saturated heterocycles. The van der Waals surface area contributed by atoms with E-state index in [1.54, 1.807) is 30.1 Å². The smallest absolute Gasteiger partial charge is 0.238 e. The number of nitrogens with one attached hydrogen (secondary N) is 1. The molecule has 0 aromatic carbocycles. The summed E-state index contributed by atoms with van der Waals surface area (Å²) in [6.07, 6.45) is 1.76. The molecular formula is C7H12N3O+. The molecule has 1 aromatic rings. The van der Waals surface area contributed by atoms with Gasteiger partial charge in [0.2, 0.25) is 11.9 Å². The zero-order valence-corrected chi connectivity index (χ0v) is 6.41. The minimum Gasteiger partial charge on any atom is -0.398 e. The van der Waals surface area contributed by atoms with E-state index in [0.717, 1.165) is 5.69 Å². The van der Waals surface area contributed by atoms with Crippen molar-refractivity contribution >= 4 is 5.69 Å². The number of nitrogens with two attached hydrogens (primary N) is 1. The molecule has 11 heavy (non-hydrogen) atoms. The number of hydrogen-bond donors (Lipinski definition) is 3. The summed E-state index contributed by atoms with van der Waals surface area (Å²) >= 11 is 0. The second kappa shape index (κ2) is 3.21. The normalized spacial score (nSPS) is 9.64. The highest BCUT2D eigenvalue weighted by Gasteiger charge is 2.06. The van der Waals surface area contributed by atoms with Gasteiger partial charge in [-0.15, -0.1) is 0 Å². The zero-order chi connectivity index (χ0) is 8.27. The summed E-state index contributed by atoms with van der Waals surface area (Å²) < 4.78 is 1.70. The number of anilines is 1. The predicted molar refractivity (Wildman–Crippen MR) is 42.3 cm³/mol. The molecule has 1 aromatic heterocycles. The van der Waals surface area contributed by atoms with Gasteiger partial charge in [0, 0.05) is 17.8 Å². The van der Waals surface area contributed by atoms with Gasteiger partial charge in [-0.1, -0.05) is 4.68 Å². The molecule has 0 amide bonds. The summed E-state index contributed by atoms with van der Waals surface area (Å²) in [4.78, 5) is 0. The van der Waals surface area contributed by atoms with Crippen molar-refractivity contribution in [2.24, 2.45) is 0 Å². The lowest BCUT2D eigenvalue weighted by molar-refractivity contribution is -0.657. The zero-order valence-electron chi connectivity index (χ0n) is 6.41. The first kappa shape index (κ1) is 7.81. The van der Waals surface area contributed by atoms with Crippen LogP contribution in [0, 0.1) is 0 Å². The maximum Gasteiger partial charge on any atom is 0.238 e. The minimum atomic E-state index is -0.0219. The molecule has 60 valence electrons. The van der Waals surface area contributed by atoms with Crippen molar-refractivity contribution in [3.63, 3.8) is 0 Å². The Morgan fingerprint density at radius 1 is 1.73 bits per heavy atom. The lowest BCUT2D eigenvalue weighted by Crippen LogP contribution is -2.46. The summed E-state index contributed by atoms with van der Waals surface area (Å²) in [6.45, 7) is -0.0219. The second-order valence-electron chi connectivity index (χ2n) is 2.20. The lowest BCUT2D eigenvalue weighted by atomic mass is 10.3. The van der Waals surface area contributed by atoms with E-state index in [0.29, 0.717) is 5.69 Å². The van der Waals surface area contributed by atoms with Gasteiger partial charge < -0.3 is 10.8 Å². The van der Waals surface area contributed by atoms with E-state index in [4.69, 9.17) is 10.8 Å². The summed E-state index contributed by atoms with van der Waals surface area (Å²) in [5.41, 5.74) is 9.78. The number of nitrogen functional groups attached to an aromatic ring is 1. The van der Waals surface area contributed by atoms with Gasteiger partial charge in [-0.3, -0.25) is 0 Å². The molecule has 1 rings (SSSR count). The van der Waals surface area contributed by atoms with Gasteiger partial charge in [-0.25, -0.2) is 0 Å². The Labute approximate surface area is 65.2 Å². The lowest BCUT2D eigenvalue weighted by Gasteiger charge is -1.98. The Morgan fingerprint density at radius 3 is 3.00 bits per heavy atom. The average molecular weight is 154 g/mol. The Morgan fingerprint density at radius 2 is 2.45 bits per heavy atom. The Hall–Kier alpha value is -1.29. The number of aliphatic hydroxyl groups excluding tert-OH is 1. The van der Waals surface area contributed by atoms with Gasteiger partial charge >= 0.3 is 0 Å². The molecule has 0 aliphatic carbocycles. The van der Waals surface area contributed by atoms with E-state index in [1.165, 1.54) is 0 Å². The fourth-order valence-corrected chi connectivity index (χ4v) is 0.906. The quantitative estimate of drug-likeness (QED) is 0.490. The van der Waals surface area contributed by atoms with Crippen molar-refractivity contribution < 1.29 is 9.78 Å². The van der Waals surface area contributed by atoms with Crippen molar-refractivity contribution in [2.75, 3.05) is 18.2 Å². The minimum absolute atomic E-state index is 0.0219. The first-order valence-corrected chi connectivity index (χ1v) is 3.36. The van der Waals surface area contributed by atoms with Crippen molar-refractivity contribution in [2.45, 2.75) is 6.61 Å². The van der Waals surface area contributed by atoms with Crippen LogP contribution >= 0.6 is 0 Å². The van der Waals surface area contributed by atoms with Gasteiger partial charge in [0.1, 0.15) is 6.61 Å². The molecule has 0 fully saturated rings. The van der Waals surface area contributed by atoms with Crippen molar-refractivity contribution in [1.29, 1.82) is 0 Å². The van der Waals surface area contributed by atoms with E-state index < -0.39 is 0 Å². The van der Waals surface area contributed by atoms with Crippen molar-refractivity contribution in [3.8, 4) is 0 Å². The summed E-state index contributed by atoms with van der Waals surface area (Å²) in [5.74, 6) is 0. The molecule has 0 saturated carbocycles. The third kappa shape index (κ3) is 1.59. The van der Waals surface area contributed by atoms with Gasteiger partial charge in [-0.2, -0.15) is 5.43 Å². The first-order valence-electron chi connectivity index (χ1n) is 3.36. The van der Waals surface area contributed by atoms with E-state index in [1.807, 2.05) is 0 Å². The number of aromatic nitrogens is 1. The van der Waals surface area contributed by atoms with Crippen LogP contribution in [0.4, 0.5) is 5.69 Å². The largest absolute Gasteiger partial charge is 0.398 e. The molecule has 0 unspecified atom stereocenters. The highest BCUT2D eigenvalue weighted by Crippen LogP contribution is 1.99. The third-order valence-corrected chi connectivity index (χ3v) is 1.46. The fraction of sp³-hybridized carbons (Fsp3) is 0.286. The second-order valence-corrected chi connectivity index (χ2v) is 2.20. The first-order chi connectivity index (χ1) is 5.27. The van der Waals surface area contributed by atoms with Gasteiger partial charge in [0.25, 0.3) is 0 Å². The maximum atomic E-state index is 8.86. The predicted octanol–water partition coefficient (Wildman–Crippen LogP) is -0.778. The van der Waals surface area contributed by atoms with Crippen LogP contribution < -0.4 is 15.8 Å². The number of nitrogens with zero attached hydrogens (tertiary/aromatic N) is 1. The summed E-state index contributed by atoms with van der Waals surface area (Å²) in [6, 6.07) is 3.48. The van der Waals surface area contributed by atoms with E-state index in [-0.39, 0.29) is 6.61 Å². The van der Waals surface area contributed by atoms with Crippen molar-refractivity contribution in [1.82, 2.24) is 0 Å². The van der Waals surface area contributed by atoms with Gasteiger partial charge in [0.15, 0.2) is 0 Å². The Bertz CT molecular complexity index is 249. The number of rotatable bonds is 2. The molecule has 1 heterocycles. The molecule has 0 spiro atoms. The SMILES string of the molecule is CN[n+]1ccc(N)cc1CO. The van der Waals surface area contributed by atoms with E-state index >= 15 is 0 Å². The van der Waals surface area contributed by atoms with Gasteiger partial charge in [0.05, 0.1) is 7.05 Å². The van der Waals surface area contributed by atoms with Crippen LogP contribution in [-0.4, -0.2) is 12.2 Å². The summed E-state index contributed by atoms with van der Waals surface area (Å²) in [7, 11) is 1.77. The Balaban J connectivity index is 3.06. The maximum absolute atomic E-state index is 8.86. The number of hydrogen-bond acceptors (Lipinski definition) is 3. The highest BCUT2D eigenvalue weighted by atomic mass is 16.3. The Kier molecular flexibility index (Phi) is 2.28. The molecule has 0 radical (unpaired) electrons. The van der Waals surface area contributed by atoms with E-state index in [2.05, 4.69) is 5.43 Å². The average Bonchev–Trinajstić information content (AvgIpc) is 2.04.